The van der Waals surface area contributed by atoms with Crippen molar-refractivity contribution in [1.82, 2.24) is 14.8 Å². The average molecular weight is 371 g/mol. The molecule has 0 radical (unpaired) electrons. The summed E-state index contributed by atoms with van der Waals surface area (Å²) in [5.74, 6) is -0.470. The van der Waals surface area contributed by atoms with E-state index in [-0.39, 0.29) is 11.2 Å². The highest BCUT2D eigenvalue weighted by Gasteiger charge is 2.32. The molecule has 0 unspecified atom stereocenters. The molecule has 1 aliphatic heterocycles. The summed E-state index contributed by atoms with van der Waals surface area (Å²) in [6.07, 6.45) is 0. The van der Waals surface area contributed by atoms with Gasteiger partial charge in [-0.2, -0.15) is 5.10 Å². The number of aromatic nitrogens is 3. The predicted octanol–water partition coefficient (Wildman–Crippen LogP) is 2.51. The first-order chi connectivity index (χ1) is 11.4. The molecule has 9 heteroatoms. The van der Waals surface area contributed by atoms with E-state index in [0.29, 0.717) is 29.8 Å². The molecule has 0 bridgehead atoms. The van der Waals surface area contributed by atoms with Crippen molar-refractivity contribution in [1.29, 1.82) is 0 Å². The summed E-state index contributed by atoms with van der Waals surface area (Å²) in [5, 5.41) is 5.36. The van der Waals surface area contributed by atoms with Crippen LogP contribution in [-0.2, 0) is 16.5 Å². The summed E-state index contributed by atoms with van der Waals surface area (Å²) < 4.78 is 12.3. The molecule has 0 spiro atoms. The van der Waals surface area contributed by atoms with Gasteiger partial charge in [-0.1, -0.05) is 22.9 Å². The van der Waals surface area contributed by atoms with Crippen LogP contribution >= 0.6 is 22.9 Å². The van der Waals surface area contributed by atoms with Crippen molar-refractivity contribution in [3.63, 3.8) is 0 Å². The van der Waals surface area contributed by atoms with Crippen LogP contribution in [0.5, 0.6) is 0 Å². The Morgan fingerprint density at radius 2 is 2.21 bits per heavy atom. The highest BCUT2D eigenvalue weighted by atomic mass is 35.5. The van der Waals surface area contributed by atoms with Gasteiger partial charge in [0.2, 0.25) is 0 Å². The van der Waals surface area contributed by atoms with Gasteiger partial charge in [0.1, 0.15) is 0 Å². The van der Waals surface area contributed by atoms with Crippen LogP contribution in [0.3, 0.4) is 0 Å². The van der Waals surface area contributed by atoms with E-state index in [4.69, 9.17) is 21.1 Å². The van der Waals surface area contributed by atoms with Crippen LogP contribution < -0.4 is 4.90 Å². The first-order valence-electron chi connectivity index (χ1n) is 7.53. The number of rotatable bonds is 3. The van der Waals surface area contributed by atoms with Crippen molar-refractivity contribution in [3.05, 3.63) is 27.0 Å². The second-order valence-electron chi connectivity index (χ2n) is 5.60. The van der Waals surface area contributed by atoms with Crippen LogP contribution in [0.2, 0.25) is 5.15 Å². The topological polar surface area (TPSA) is 69.5 Å². The number of hydrogen-bond donors (Lipinski definition) is 0. The lowest BCUT2D eigenvalue weighted by Crippen LogP contribution is -2.40. The van der Waals surface area contributed by atoms with E-state index in [2.05, 4.69) is 15.0 Å². The van der Waals surface area contributed by atoms with Gasteiger partial charge in [-0.25, -0.2) is 9.78 Å². The van der Waals surface area contributed by atoms with E-state index in [1.165, 1.54) is 18.4 Å². The molecular formula is C15H19ClN4O3S. The zero-order valence-electron chi connectivity index (χ0n) is 14.0. The Labute approximate surface area is 149 Å². The second kappa shape index (κ2) is 6.70. The maximum absolute atomic E-state index is 11.8. The van der Waals surface area contributed by atoms with Crippen LogP contribution in [-0.4, -0.2) is 47.6 Å². The molecule has 0 saturated carbocycles. The average Bonchev–Trinajstić information content (AvgIpc) is 3.07. The molecule has 2 aromatic heterocycles. The van der Waals surface area contributed by atoms with Crippen LogP contribution in [0, 0.1) is 13.8 Å². The SMILES string of the molecule is COC(=O)c1sc(N2CCOC[C@H]2c2c(C)nn(C)c2C)nc1Cl. The highest BCUT2D eigenvalue weighted by molar-refractivity contribution is 7.18. The molecule has 0 N–H and O–H groups in total. The van der Waals surface area contributed by atoms with Crippen molar-refractivity contribution in [2.45, 2.75) is 19.9 Å². The van der Waals surface area contributed by atoms with E-state index in [1.54, 1.807) is 0 Å². The maximum atomic E-state index is 11.8. The fourth-order valence-corrected chi connectivity index (χ4v) is 4.25. The van der Waals surface area contributed by atoms with Gasteiger partial charge in [-0.3, -0.25) is 4.68 Å². The summed E-state index contributed by atoms with van der Waals surface area (Å²) in [6.45, 7) is 5.83. The Kier molecular flexibility index (Phi) is 4.80. The summed E-state index contributed by atoms with van der Waals surface area (Å²) >= 11 is 7.36. The Bertz CT molecular complexity index is 773. The largest absolute Gasteiger partial charge is 0.465 e. The van der Waals surface area contributed by atoms with E-state index in [1.807, 2.05) is 25.6 Å². The lowest BCUT2D eigenvalue weighted by atomic mass is 10.0. The molecule has 0 amide bonds. The number of ether oxygens (including phenoxy) is 2. The minimum Gasteiger partial charge on any atom is -0.465 e. The van der Waals surface area contributed by atoms with Gasteiger partial charge in [0.05, 0.1) is 32.1 Å². The number of morpholine rings is 1. The lowest BCUT2D eigenvalue weighted by Gasteiger charge is -2.35. The Morgan fingerprint density at radius 1 is 1.46 bits per heavy atom. The minimum atomic E-state index is -0.470. The van der Waals surface area contributed by atoms with Gasteiger partial charge in [0, 0.05) is 24.8 Å². The third-order valence-corrected chi connectivity index (χ3v) is 5.68. The summed E-state index contributed by atoms with van der Waals surface area (Å²) in [5.41, 5.74) is 3.18. The Hall–Kier alpha value is -1.64. The molecule has 1 aliphatic rings. The number of nitrogens with zero attached hydrogens (tertiary/aromatic N) is 4. The monoisotopic (exact) mass is 370 g/mol. The number of halogens is 1. The number of esters is 1. The third-order valence-electron chi connectivity index (χ3n) is 4.22. The third kappa shape index (κ3) is 2.89. The normalized spacial score (nSPS) is 18.0. The summed E-state index contributed by atoms with van der Waals surface area (Å²) in [7, 11) is 3.26. The number of carbonyl (C=O) groups is 1. The second-order valence-corrected chi connectivity index (χ2v) is 6.94. The van der Waals surface area contributed by atoms with Gasteiger partial charge in [-0.05, 0) is 13.8 Å². The minimum absolute atomic E-state index is 0.0137. The molecule has 2 aromatic rings. The molecule has 1 saturated heterocycles. The van der Waals surface area contributed by atoms with Crippen LogP contribution in [0.25, 0.3) is 0 Å². The summed E-state index contributed by atoms with van der Waals surface area (Å²) in [4.78, 5) is 18.6. The van der Waals surface area contributed by atoms with Crippen molar-refractivity contribution in [3.8, 4) is 0 Å². The molecule has 130 valence electrons. The van der Waals surface area contributed by atoms with Crippen molar-refractivity contribution < 1.29 is 14.3 Å². The van der Waals surface area contributed by atoms with E-state index >= 15 is 0 Å². The lowest BCUT2D eigenvalue weighted by molar-refractivity contribution is 0.0606. The van der Waals surface area contributed by atoms with Crippen molar-refractivity contribution in [2.75, 3.05) is 31.8 Å². The molecule has 24 heavy (non-hydrogen) atoms. The predicted molar refractivity (Wildman–Crippen MR) is 92.1 cm³/mol. The molecule has 3 heterocycles. The van der Waals surface area contributed by atoms with Gasteiger partial charge in [-0.15, -0.1) is 0 Å². The van der Waals surface area contributed by atoms with Gasteiger partial charge in [0.15, 0.2) is 15.2 Å². The fraction of sp³-hybridized carbons (Fsp3) is 0.533. The zero-order chi connectivity index (χ0) is 17.4. The number of thiazole rings is 1. The number of anilines is 1. The highest BCUT2D eigenvalue weighted by Crippen LogP contribution is 2.37. The van der Waals surface area contributed by atoms with E-state index in [0.717, 1.165) is 17.0 Å². The zero-order valence-corrected chi connectivity index (χ0v) is 15.6. The number of methoxy groups -OCH3 is 1. The molecule has 0 aliphatic carbocycles. The first-order valence-corrected chi connectivity index (χ1v) is 8.72. The van der Waals surface area contributed by atoms with Gasteiger partial charge >= 0.3 is 5.97 Å². The van der Waals surface area contributed by atoms with Crippen LogP contribution in [0.4, 0.5) is 5.13 Å². The molecule has 0 aromatic carbocycles. The summed E-state index contributed by atoms with van der Waals surface area (Å²) in [6, 6.07) is -0.0137. The van der Waals surface area contributed by atoms with Crippen LogP contribution in [0.15, 0.2) is 0 Å². The number of carbonyl (C=O) groups excluding carboxylic acids is 1. The van der Waals surface area contributed by atoms with Crippen molar-refractivity contribution >= 4 is 34.0 Å². The maximum Gasteiger partial charge on any atom is 0.351 e. The van der Waals surface area contributed by atoms with E-state index in [9.17, 15) is 4.79 Å². The van der Waals surface area contributed by atoms with Crippen LogP contribution in [0.1, 0.15) is 32.7 Å². The Balaban J connectivity index is 2.00. The molecule has 7 nitrogen and oxygen atoms in total. The molecule has 1 fully saturated rings. The number of aryl methyl sites for hydroxylation is 2. The first kappa shape index (κ1) is 17.2. The number of hydrogen-bond acceptors (Lipinski definition) is 7. The quantitative estimate of drug-likeness (QED) is 0.773. The molecular weight excluding hydrogens is 352 g/mol. The van der Waals surface area contributed by atoms with Crippen molar-refractivity contribution in [2.24, 2.45) is 7.05 Å². The van der Waals surface area contributed by atoms with Gasteiger partial charge in [0.25, 0.3) is 0 Å². The Morgan fingerprint density at radius 3 is 2.83 bits per heavy atom. The standard InChI is InChI=1S/C15H19ClN4O3S/c1-8-11(9(2)19(3)18-8)10-7-23-6-5-20(10)15-17-13(16)12(24-15)14(21)22-4/h10H,5-7H2,1-4H3/t10-/m0/s1. The van der Waals surface area contributed by atoms with Gasteiger partial charge < -0.3 is 14.4 Å². The fourth-order valence-electron chi connectivity index (χ4n) is 2.98. The van der Waals surface area contributed by atoms with E-state index < -0.39 is 5.97 Å². The molecule has 1 atom stereocenters. The smallest absolute Gasteiger partial charge is 0.351 e. The molecule has 3 rings (SSSR count).